The van der Waals surface area contributed by atoms with Crippen molar-refractivity contribution >= 4 is 87.2 Å². The van der Waals surface area contributed by atoms with Gasteiger partial charge in [0.1, 0.15) is 17.2 Å². The van der Waals surface area contributed by atoms with Gasteiger partial charge in [-0.1, -0.05) is 170 Å². The van der Waals surface area contributed by atoms with E-state index in [1.807, 2.05) is 128 Å². The Bertz CT molecular complexity index is 5840. The number of hydrogen-bond donors (Lipinski definition) is 0. The van der Waals surface area contributed by atoms with Crippen LogP contribution in [0.3, 0.4) is 0 Å². The van der Waals surface area contributed by atoms with Crippen molar-refractivity contribution in [2.24, 2.45) is 0 Å². The van der Waals surface area contributed by atoms with Gasteiger partial charge in [0, 0.05) is 54.2 Å². The highest BCUT2D eigenvalue weighted by Gasteiger charge is 2.42. The zero-order valence-electron chi connectivity index (χ0n) is 50.7. The second-order valence-corrected chi connectivity index (χ2v) is 23.7. The summed E-state index contributed by atoms with van der Waals surface area (Å²) in [5, 5.41) is 18.2. The van der Waals surface area contributed by atoms with Crippen LogP contribution in [0.5, 0.6) is 0 Å². The fourth-order valence-electron chi connectivity index (χ4n) is 14.5. The predicted octanol–water partition coefficient (Wildman–Crippen LogP) is 23.3. The minimum Gasteiger partial charge on any atom is -0.309 e. The van der Waals surface area contributed by atoms with Crippen LogP contribution in [0, 0.1) is 39.0 Å². The summed E-state index contributed by atoms with van der Waals surface area (Å²) in [6.07, 6.45) is -14.4. The molecule has 4 heterocycles. The number of nitrogens with zero attached hydrogens (tertiary/aromatic N) is 5. The molecule has 0 aliphatic heterocycles. The molecule has 12 aromatic carbocycles. The highest BCUT2D eigenvalue weighted by Crippen LogP contribution is 2.51. The van der Waals surface area contributed by atoms with Crippen molar-refractivity contribution in [1.29, 1.82) is 5.26 Å². The zero-order valence-corrected chi connectivity index (χ0v) is 50.7. The van der Waals surface area contributed by atoms with Crippen LogP contribution in [0.15, 0.2) is 243 Å². The first-order chi connectivity index (χ1) is 45.3. The summed E-state index contributed by atoms with van der Waals surface area (Å²) in [5.41, 5.74) is 7.12. The Kier molecular flexibility index (Phi) is 13.8. The molecule has 0 unspecified atom stereocenters. The molecular formula is C80H52F9N5. The van der Waals surface area contributed by atoms with Crippen molar-refractivity contribution < 1.29 is 39.5 Å². The second kappa shape index (κ2) is 21.9. The molecule has 0 amide bonds. The summed E-state index contributed by atoms with van der Waals surface area (Å²) in [5.74, 6) is 0. The van der Waals surface area contributed by atoms with E-state index in [2.05, 4.69) is 29.7 Å². The van der Waals surface area contributed by atoms with E-state index >= 15 is 13.2 Å². The normalized spacial score (nSPS) is 12.3. The summed E-state index contributed by atoms with van der Waals surface area (Å²) >= 11 is 0. The molecule has 460 valence electrons. The topological polar surface area (TPSA) is 43.5 Å². The van der Waals surface area contributed by atoms with Gasteiger partial charge < -0.3 is 18.3 Å². The number of rotatable bonds is 6. The minimum absolute atomic E-state index is 0.0182. The maximum atomic E-state index is 16.0. The third-order valence-electron chi connectivity index (χ3n) is 18.3. The molecule has 0 aliphatic carbocycles. The van der Waals surface area contributed by atoms with E-state index in [-0.39, 0.29) is 33.6 Å². The lowest BCUT2D eigenvalue weighted by Gasteiger charge is -2.25. The summed E-state index contributed by atoms with van der Waals surface area (Å²) in [4.78, 5) is 0. The third-order valence-corrected chi connectivity index (χ3v) is 18.3. The third kappa shape index (κ3) is 9.15. The molecule has 0 saturated heterocycles. The van der Waals surface area contributed by atoms with E-state index < -0.39 is 35.2 Å². The average Bonchev–Trinajstić information content (AvgIpc) is 1.50. The van der Waals surface area contributed by atoms with Gasteiger partial charge in [0.2, 0.25) is 0 Å². The molecule has 0 bridgehead atoms. The molecule has 0 N–H and O–H groups in total. The highest BCUT2D eigenvalue weighted by atomic mass is 19.4. The Morgan fingerprint density at radius 2 is 0.574 bits per heavy atom. The lowest BCUT2D eigenvalue weighted by molar-refractivity contribution is -0.138. The van der Waals surface area contributed by atoms with E-state index in [4.69, 9.17) is 0 Å². The standard InChI is InChI=1S/C40H26F6N2.C40H26F3N3/c1-23-11-9-19-32-35(23)27-14-4-7-17-30(27)47(32)34-22-21-26(25-13-3-6-16-29(25)39(41,42)43)38(37(34)40(44,45)46)48-31-18-8-5-15-28(31)36-24(2)12-10-20-33(36)48;1-24-11-9-19-35-37(24)28-14-4-7-17-32(28)45(35)34-22-21-27(26-13-3-6-16-31(26)40(41,42)43)39(30(34)23-44)46-33-18-8-5-15-29(33)38-25(2)12-10-20-36(38)46/h3-22H,1-2H3;3-22H,1-2H3. The first-order valence-electron chi connectivity index (χ1n) is 30.4. The van der Waals surface area contributed by atoms with Crippen LogP contribution >= 0.6 is 0 Å². The van der Waals surface area contributed by atoms with Gasteiger partial charge in [-0.15, -0.1) is 0 Å². The molecule has 0 saturated carbocycles. The van der Waals surface area contributed by atoms with E-state index in [1.165, 1.54) is 47.0 Å². The van der Waals surface area contributed by atoms with Crippen molar-refractivity contribution in [1.82, 2.24) is 18.3 Å². The Balaban J connectivity index is 0.000000155. The lowest BCUT2D eigenvalue weighted by Crippen LogP contribution is -2.17. The largest absolute Gasteiger partial charge is 0.420 e. The summed E-state index contributed by atoms with van der Waals surface area (Å²) < 4.78 is 143. The Labute approximate surface area is 532 Å². The number of para-hydroxylation sites is 4. The van der Waals surface area contributed by atoms with E-state index in [9.17, 15) is 31.6 Å². The van der Waals surface area contributed by atoms with Crippen molar-refractivity contribution in [3.63, 3.8) is 0 Å². The van der Waals surface area contributed by atoms with Gasteiger partial charge in [-0.3, -0.25) is 0 Å². The molecule has 0 radical (unpaired) electrons. The number of halogens is 9. The number of benzene rings is 12. The van der Waals surface area contributed by atoms with E-state index in [1.54, 1.807) is 77.4 Å². The highest BCUT2D eigenvalue weighted by molar-refractivity contribution is 6.15. The fourth-order valence-corrected chi connectivity index (χ4v) is 14.5. The Hall–Kier alpha value is -11.3. The van der Waals surface area contributed by atoms with Crippen molar-refractivity contribution in [2.75, 3.05) is 0 Å². The maximum Gasteiger partial charge on any atom is 0.420 e. The summed E-state index contributed by atoms with van der Waals surface area (Å²) in [6.45, 7) is 7.88. The first kappa shape index (κ1) is 59.0. The number of hydrogen-bond acceptors (Lipinski definition) is 1. The van der Waals surface area contributed by atoms with E-state index in [0.717, 1.165) is 94.2 Å². The van der Waals surface area contributed by atoms with Gasteiger partial charge in [-0.25, -0.2) is 0 Å². The van der Waals surface area contributed by atoms with Gasteiger partial charge in [0.25, 0.3) is 0 Å². The fraction of sp³-hybridized carbons (Fsp3) is 0.0875. The van der Waals surface area contributed by atoms with Crippen molar-refractivity contribution in [2.45, 2.75) is 46.2 Å². The number of aromatic nitrogens is 4. The molecule has 0 fully saturated rings. The smallest absolute Gasteiger partial charge is 0.309 e. The molecule has 0 spiro atoms. The number of fused-ring (bicyclic) bond motifs is 12. The molecule has 4 aromatic heterocycles. The average molecular weight is 1250 g/mol. The minimum atomic E-state index is -4.99. The lowest BCUT2D eigenvalue weighted by atomic mass is 9.93. The van der Waals surface area contributed by atoms with Crippen molar-refractivity contribution in [3.05, 3.63) is 287 Å². The van der Waals surface area contributed by atoms with Gasteiger partial charge in [0.15, 0.2) is 0 Å². The van der Waals surface area contributed by atoms with Crippen LogP contribution in [-0.2, 0) is 18.5 Å². The molecule has 0 aliphatic rings. The first-order valence-corrected chi connectivity index (χ1v) is 30.4. The summed E-state index contributed by atoms with van der Waals surface area (Å²) in [7, 11) is 0. The van der Waals surface area contributed by atoms with Crippen LogP contribution in [0.25, 0.3) is 132 Å². The second-order valence-electron chi connectivity index (χ2n) is 23.7. The molecule has 0 atom stereocenters. The number of alkyl halides is 9. The van der Waals surface area contributed by atoms with Crippen LogP contribution < -0.4 is 0 Å². The summed E-state index contributed by atoms with van der Waals surface area (Å²) in [6, 6.07) is 72.2. The number of nitriles is 1. The van der Waals surface area contributed by atoms with Crippen molar-refractivity contribution in [3.8, 4) is 51.1 Å². The molecule has 14 heteroatoms. The van der Waals surface area contributed by atoms with Crippen LogP contribution in [-0.4, -0.2) is 18.3 Å². The quantitative estimate of drug-likeness (QED) is 0.153. The van der Waals surface area contributed by atoms with Crippen LogP contribution in [0.2, 0.25) is 0 Å². The molecule has 5 nitrogen and oxygen atoms in total. The van der Waals surface area contributed by atoms with Gasteiger partial charge >= 0.3 is 18.5 Å². The van der Waals surface area contributed by atoms with Gasteiger partial charge in [-0.05, 0) is 134 Å². The molecule has 16 aromatic rings. The van der Waals surface area contributed by atoms with Gasteiger partial charge in [-0.2, -0.15) is 44.8 Å². The van der Waals surface area contributed by atoms with Crippen LogP contribution in [0.4, 0.5) is 39.5 Å². The predicted molar refractivity (Wildman–Crippen MR) is 360 cm³/mol. The Morgan fingerprint density at radius 1 is 0.277 bits per heavy atom. The molecule has 94 heavy (non-hydrogen) atoms. The van der Waals surface area contributed by atoms with Crippen LogP contribution in [0.1, 0.15) is 44.5 Å². The van der Waals surface area contributed by atoms with E-state index in [0.29, 0.717) is 44.4 Å². The SMILES string of the molecule is Cc1cccc2c1c1ccccc1n2-c1ccc(-c2ccccc2C(F)(F)F)c(-n2c3ccccc3c3c(C)cccc32)c1C#N.Cc1cccc2c1c1ccccc1n2-c1ccc(-c2ccccc2C(F)(F)F)c(-n2c3ccccc3c3c(C)cccc32)c1C(F)(F)F. The Morgan fingerprint density at radius 3 is 0.947 bits per heavy atom. The molecular weight excluding hydrogens is 1200 g/mol. The zero-order chi connectivity index (χ0) is 65.3. The maximum absolute atomic E-state index is 16.0. The monoisotopic (exact) mass is 1250 g/mol. The number of aryl methyl sites for hydroxylation is 4. The van der Waals surface area contributed by atoms with Gasteiger partial charge in [0.05, 0.1) is 78.0 Å². The molecule has 16 rings (SSSR count).